The van der Waals surface area contributed by atoms with Gasteiger partial charge in [0, 0.05) is 23.1 Å². The standard InChI is InChI=1S/C38H31Cl2NO6S/c1-47-38(44)31(21-26-9-4-2-5-10-26)23-36(42)30-13-8-14-32(22-30)41(48(45,46)33-19-20-34(39)35(40)24-33)25-27-15-17-29(18-16-27)37(43)28-11-6-3-7-12-28/h2-20,22,24,31H,21,23,25H2,1H3. The number of halogens is 2. The fourth-order valence-corrected chi connectivity index (χ4v) is 7.08. The van der Waals surface area contributed by atoms with Crippen molar-refractivity contribution in [3.63, 3.8) is 0 Å². The van der Waals surface area contributed by atoms with Crippen LogP contribution in [0.25, 0.3) is 0 Å². The number of methoxy groups -OCH3 is 1. The van der Waals surface area contributed by atoms with Crippen molar-refractivity contribution in [3.05, 3.63) is 165 Å². The Balaban J connectivity index is 1.47. The van der Waals surface area contributed by atoms with Crippen molar-refractivity contribution in [2.75, 3.05) is 11.4 Å². The van der Waals surface area contributed by atoms with Crippen LogP contribution in [0.3, 0.4) is 0 Å². The largest absolute Gasteiger partial charge is 0.469 e. The lowest BCUT2D eigenvalue weighted by Gasteiger charge is -2.25. The first kappa shape index (κ1) is 34.6. The summed E-state index contributed by atoms with van der Waals surface area (Å²) in [5, 5.41) is 0.266. The molecule has 5 rings (SSSR count). The number of ether oxygens (including phenoxy) is 1. The smallest absolute Gasteiger partial charge is 0.309 e. The molecule has 0 N–H and O–H groups in total. The molecule has 244 valence electrons. The fourth-order valence-electron chi connectivity index (χ4n) is 5.24. The first-order valence-corrected chi connectivity index (χ1v) is 17.2. The van der Waals surface area contributed by atoms with Crippen LogP contribution < -0.4 is 4.31 Å². The van der Waals surface area contributed by atoms with E-state index < -0.39 is 21.9 Å². The zero-order valence-electron chi connectivity index (χ0n) is 25.9. The van der Waals surface area contributed by atoms with Gasteiger partial charge in [-0.25, -0.2) is 8.42 Å². The number of anilines is 1. The molecule has 0 saturated carbocycles. The first-order chi connectivity index (χ1) is 23.1. The van der Waals surface area contributed by atoms with E-state index in [4.69, 9.17) is 27.9 Å². The van der Waals surface area contributed by atoms with E-state index in [-0.39, 0.29) is 50.7 Å². The number of esters is 1. The summed E-state index contributed by atoms with van der Waals surface area (Å²) in [5.41, 5.74) is 2.90. The molecule has 0 fully saturated rings. The van der Waals surface area contributed by atoms with Crippen molar-refractivity contribution in [2.24, 2.45) is 5.92 Å². The van der Waals surface area contributed by atoms with E-state index in [1.807, 2.05) is 36.4 Å². The number of carbonyl (C=O) groups is 3. The van der Waals surface area contributed by atoms with Crippen LogP contribution in [-0.4, -0.2) is 33.1 Å². The van der Waals surface area contributed by atoms with Crippen LogP contribution >= 0.6 is 23.2 Å². The summed E-state index contributed by atoms with van der Waals surface area (Å²) >= 11 is 12.3. The molecule has 0 spiro atoms. The summed E-state index contributed by atoms with van der Waals surface area (Å²) in [6, 6.07) is 35.1. The Kier molecular flexibility index (Phi) is 11.1. The molecule has 0 aliphatic rings. The van der Waals surface area contributed by atoms with E-state index in [9.17, 15) is 22.8 Å². The Morgan fingerprint density at radius 3 is 1.96 bits per heavy atom. The Bertz CT molecular complexity index is 2040. The zero-order chi connectivity index (χ0) is 34.3. The van der Waals surface area contributed by atoms with Gasteiger partial charge in [0.25, 0.3) is 10.0 Å². The SMILES string of the molecule is COC(=O)C(CC(=O)c1cccc(N(Cc2ccc(C(=O)c3ccccc3)cc2)S(=O)(=O)c2ccc(Cl)c(Cl)c2)c1)Cc1ccccc1. The Morgan fingerprint density at radius 1 is 0.688 bits per heavy atom. The minimum atomic E-state index is -4.25. The van der Waals surface area contributed by atoms with Crippen molar-refractivity contribution in [2.45, 2.75) is 24.3 Å². The van der Waals surface area contributed by atoms with Crippen LogP contribution in [0, 0.1) is 5.92 Å². The molecule has 5 aromatic carbocycles. The summed E-state index contributed by atoms with van der Waals surface area (Å²) in [6.45, 7) is -0.126. The van der Waals surface area contributed by atoms with Crippen LogP contribution in [0.2, 0.25) is 10.0 Å². The minimum Gasteiger partial charge on any atom is -0.469 e. The molecule has 0 saturated heterocycles. The minimum absolute atomic E-state index is 0.0673. The lowest BCUT2D eigenvalue weighted by atomic mass is 9.92. The maximum atomic E-state index is 14.2. The lowest BCUT2D eigenvalue weighted by Crippen LogP contribution is -2.31. The van der Waals surface area contributed by atoms with Gasteiger partial charge < -0.3 is 4.74 Å². The topological polar surface area (TPSA) is 97.8 Å². The molecule has 5 aromatic rings. The number of Topliss-reactive ketones (excluding diaryl/α,β-unsaturated/α-hetero) is 1. The highest BCUT2D eigenvalue weighted by atomic mass is 35.5. The lowest BCUT2D eigenvalue weighted by molar-refractivity contribution is -0.145. The number of sulfonamides is 1. The van der Waals surface area contributed by atoms with Gasteiger partial charge in [0.05, 0.1) is 40.2 Å². The second-order valence-corrected chi connectivity index (χ2v) is 13.7. The predicted octanol–water partition coefficient (Wildman–Crippen LogP) is 8.22. The Hall–Kier alpha value is -4.76. The van der Waals surface area contributed by atoms with Crippen molar-refractivity contribution in [1.82, 2.24) is 0 Å². The maximum Gasteiger partial charge on any atom is 0.309 e. The summed E-state index contributed by atoms with van der Waals surface area (Å²) in [7, 11) is -2.97. The molecule has 0 aliphatic carbocycles. The molecule has 0 aromatic heterocycles. The highest BCUT2D eigenvalue weighted by Gasteiger charge is 2.28. The van der Waals surface area contributed by atoms with Crippen molar-refractivity contribution >= 4 is 56.4 Å². The number of carbonyl (C=O) groups excluding carboxylic acids is 3. The van der Waals surface area contributed by atoms with Gasteiger partial charge in [-0.05, 0) is 47.9 Å². The third-order valence-corrected chi connectivity index (χ3v) is 10.3. The van der Waals surface area contributed by atoms with E-state index in [0.29, 0.717) is 23.1 Å². The third kappa shape index (κ3) is 8.20. The van der Waals surface area contributed by atoms with Crippen LogP contribution in [0.5, 0.6) is 0 Å². The van der Waals surface area contributed by atoms with Crippen LogP contribution in [0.15, 0.2) is 132 Å². The molecular formula is C38H31Cl2NO6S. The van der Waals surface area contributed by atoms with Gasteiger partial charge in [0.2, 0.25) is 0 Å². The van der Waals surface area contributed by atoms with Crippen LogP contribution in [0.1, 0.15) is 43.8 Å². The van der Waals surface area contributed by atoms with E-state index in [2.05, 4.69) is 0 Å². The number of hydrogen-bond acceptors (Lipinski definition) is 6. The van der Waals surface area contributed by atoms with E-state index >= 15 is 0 Å². The molecule has 1 unspecified atom stereocenters. The monoisotopic (exact) mass is 699 g/mol. The van der Waals surface area contributed by atoms with Gasteiger partial charge in [0.1, 0.15) is 0 Å². The molecular weight excluding hydrogens is 669 g/mol. The fraction of sp³-hybridized carbons (Fsp3) is 0.132. The van der Waals surface area contributed by atoms with Gasteiger partial charge in [-0.2, -0.15) is 0 Å². The first-order valence-electron chi connectivity index (χ1n) is 15.0. The number of rotatable bonds is 13. The number of nitrogens with zero attached hydrogens (tertiary/aromatic N) is 1. The van der Waals surface area contributed by atoms with Gasteiger partial charge >= 0.3 is 5.97 Å². The highest BCUT2D eigenvalue weighted by molar-refractivity contribution is 7.92. The Morgan fingerprint density at radius 2 is 1.31 bits per heavy atom. The van der Waals surface area contributed by atoms with Crippen molar-refractivity contribution < 1.29 is 27.5 Å². The van der Waals surface area contributed by atoms with E-state index in [0.717, 1.165) is 5.56 Å². The average molecular weight is 701 g/mol. The van der Waals surface area contributed by atoms with Crippen LogP contribution in [0.4, 0.5) is 5.69 Å². The van der Waals surface area contributed by atoms with Gasteiger partial charge in [-0.1, -0.05) is 120 Å². The summed E-state index contributed by atoms with van der Waals surface area (Å²) in [5.74, 6) is -1.76. The second kappa shape index (κ2) is 15.4. The van der Waals surface area contributed by atoms with E-state index in [1.165, 1.54) is 35.7 Å². The molecule has 0 aliphatic heterocycles. The molecule has 0 radical (unpaired) electrons. The maximum absolute atomic E-state index is 14.2. The highest BCUT2D eigenvalue weighted by Crippen LogP contribution is 2.31. The molecule has 10 heteroatoms. The summed E-state index contributed by atoms with van der Waals surface area (Å²) < 4.78 is 34.5. The zero-order valence-corrected chi connectivity index (χ0v) is 28.2. The molecule has 48 heavy (non-hydrogen) atoms. The molecule has 1 atom stereocenters. The summed E-state index contributed by atoms with van der Waals surface area (Å²) in [6.07, 6.45) is 0.168. The van der Waals surface area contributed by atoms with Crippen LogP contribution in [-0.2, 0) is 32.5 Å². The average Bonchev–Trinajstić information content (AvgIpc) is 3.11. The molecule has 7 nitrogen and oxygen atoms in total. The summed E-state index contributed by atoms with van der Waals surface area (Å²) in [4.78, 5) is 39.1. The number of ketones is 2. The van der Waals surface area contributed by atoms with Gasteiger partial charge in [0.15, 0.2) is 11.6 Å². The normalized spacial score (nSPS) is 11.8. The number of hydrogen-bond donors (Lipinski definition) is 0. The van der Waals surface area contributed by atoms with Crippen molar-refractivity contribution in [3.8, 4) is 0 Å². The van der Waals surface area contributed by atoms with Crippen molar-refractivity contribution in [1.29, 1.82) is 0 Å². The third-order valence-electron chi connectivity index (χ3n) is 7.80. The van der Waals surface area contributed by atoms with E-state index in [1.54, 1.807) is 66.7 Å². The second-order valence-electron chi connectivity index (χ2n) is 11.1. The molecule has 0 amide bonds. The Labute approximate surface area is 289 Å². The quantitative estimate of drug-likeness (QED) is 0.0907. The van der Waals surface area contributed by atoms with Gasteiger partial charge in [-0.3, -0.25) is 18.7 Å². The molecule has 0 bridgehead atoms. The number of benzene rings is 5. The predicted molar refractivity (Wildman–Crippen MR) is 187 cm³/mol. The molecule has 0 heterocycles. The van der Waals surface area contributed by atoms with Gasteiger partial charge in [-0.15, -0.1) is 0 Å².